The van der Waals surface area contributed by atoms with Gasteiger partial charge in [-0.15, -0.1) is 0 Å². The highest BCUT2D eigenvalue weighted by Crippen LogP contribution is 2.06. The topological polar surface area (TPSA) is 79.4 Å². The van der Waals surface area contributed by atoms with Crippen LogP contribution >= 0.6 is 0 Å². The number of rotatable bonds is 8. The zero-order valence-corrected chi connectivity index (χ0v) is 15.8. The van der Waals surface area contributed by atoms with Crippen LogP contribution < -0.4 is 10.6 Å². The van der Waals surface area contributed by atoms with Gasteiger partial charge < -0.3 is 15.4 Å². The maximum atomic E-state index is 12.4. The second-order valence-corrected chi connectivity index (χ2v) is 6.59. The molecule has 1 amide bonds. The van der Waals surface area contributed by atoms with Gasteiger partial charge in [-0.05, 0) is 25.0 Å². The van der Waals surface area contributed by atoms with Gasteiger partial charge in [0.25, 0.3) is 5.91 Å². The molecular formula is C20H27N5O2. The number of ether oxygens (including phenoxy) is 1. The number of hydrogen-bond donors (Lipinski definition) is 2. The Kier molecular flexibility index (Phi) is 7.12. The van der Waals surface area contributed by atoms with E-state index >= 15 is 0 Å². The first-order chi connectivity index (χ1) is 13.2. The Balaban J connectivity index is 1.48. The van der Waals surface area contributed by atoms with Crippen molar-refractivity contribution in [1.29, 1.82) is 0 Å². The van der Waals surface area contributed by atoms with E-state index in [2.05, 4.69) is 37.6 Å². The molecule has 1 aliphatic heterocycles. The van der Waals surface area contributed by atoms with E-state index < -0.39 is 0 Å². The first-order valence-corrected chi connectivity index (χ1v) is 9.42. The molecule has 2 aromatic rings. The molecule has 7 nitrogen and oxygen atoms in total. The molecule has 2 N–H and O–H groups in total. The Morgan fingerprint density at radius 2 is 1.93 bits per heavy atom. The standard InChI is InChI=1S/C20H27N5O2/c1-16-15-18(19(26)21-9-10-25-11-13-27-14-12-25)24-20(23-16)22-8-7-17-5-3-2-4-6-17/h2-6,15H,7-14H2,1H3,(H,21,26)(H,22,23,24). The fraction of sp³-hybridized carbons (Fsp3) is 0.450. The summed E-state index contributed by atoms with van der Waals surface area (Å²) in [5.41, 5.74) is 2.41. The molecule has 1 aromatic carbocycles. The van der Waals surface area contributed by atoms with Crippen molar-refractivity contribution < 1.29 is 9.53 Å². The van der Waals surface area contributed by atoms with E-state index in [1.54, 1.807) is 6.07 Å². The molecule has 1 aliphatic rings. The van der Waals surface area contributed by atoms with Crippen molar-refractivity contribution in [2.45, 2.75) is 13.3 Å². The molecular weight excluding hydrogens is 342 g/mol. The predicted molar refractivity (Wildman–Crippen MR) is 105 cm³/mol. The zero-order valence-electron chi connectivity index (χ0n) is 15.8. The average molecular weight is 369 g/mol. The number of benzene rings is 1. The summed E-state index contributed by atoms with van der Waals surface area (Å²) in [6, 6.07) is 11.9. The molecule has 0 saturated carbocycles. The largest absolute Gasteiger partial charge is 0.379 e. The van der Waals surface area contributed by atoms with Crippen molar-refractivity contribution in [2.75, 3.05) is 51.3 Å². The number of nitrogens with one attached hydrogen (secondary N) is 2. The van der Waals surface area contributed by atoms with Gasteiger partial charge in [0, 0.05) is 38.4 Å². The SMILES string of the molecule is Cc1cc(C(=O)NCCN2CCOCC2)nc(NCCc2ccccc2)n1. The number of carbonyl (C=O) groups excluding carboxylic acids is 1. The van der Waals surface area contributed by atoms with Crippen LogP contribution in [-0.2, 0) is 11.2 Å². The Labute approximate surface area is 160 Å². The third-order valence-corrected chi connectivity index (χ3v) is 4.44. The van der Waals surface area contributed by atoms with E-state index in [0.29, 0.717) is 24.7 Å². The lowest BCUT2D eigenvalue weighted by molar-refractivity contribution is 0.0383. The van der Waals surface area contributed by atoms with Crippen molar-refractivity contribution >= 4 is 11.9 Å². The molecule has 0 spiro atoms. The van der Waals surface area contributed by atoms with E-state index in [0.717, 1.165) is 45.0 Å². The number of hydrogen-bond acceptors (Lipinski definition) is 6. The molecule has 0 unspecified atom stereocenters. The Morgan fingerprint density at radius 3 is 2.70 bits per heavy atom. The fourth-order valence-electron chi connectivity index (χ4n) is 2.97. The highest BCUT2D eigenvalue weighted by molar-refractivity contribution is 5.92. The molecule has 0 radical (unpaired) electrons. The van der Waals surface area contributed by atoms with E-state index in [1.165, 1.54) is 5.56 Å². The lowest BCUT2D eigenvalue weighted by Gasteiger charge is -2.26. The van der Waals surface area contributed by atoms with E-state index in [9.17, 15) is 4.79 Å². The first kappa shape index (κ1) is 19.3. The fourth-order valence-corrected chi connectivity index (χ4v) is 2.97. The lowest BCUT2D eigenvalue weighted by Crippen LogP contribution is -2.41. The molecule has 7 heteroatoms. The third kappa shape index (κ3) is 6.30. The van der Waals surface area contributed by atoms with Gasteiger partial charge in [0.2, 0.25) is 5.95 Å². The third-order valence-electron chi connectivity index (χ3n) is 4.44. The minimum Gasteiger partial charge on any atom is -0.379 e. The van der Waals surface area contributed by atoms with Crippen LogP contribution in [-0.4, -0.2) is 66.7 Å². The summed E-state index contributed by atoms with van der Waals surface area (Å²) >= 11 is 0. The molecule has 0 aliphatic carbocycles. The number of aromatic nitrogens is 2. The maximum Gasteiger partial charge on any atom is 0.270 e. The van der Waals surface area contributed by atoms with E-state index in [1.807, 2.05) is 25.1 Å². The van der Waals surface area contributed by atoms with Crippen molar-refractivity contribution in [3.8, 4) is 0 Å². The first-order valence-electron chi connectivity index (χ1n) is 9.42. The summed E-state index contributed by atoms with van der Waals surface area (Å²) < 4.78 is 5.33. The van der Waals surface area contributed by atoms with Crippen LogP contribution in [0.1, 0.15) is 21.7 Å². The van der Waals surface area contributed by atoms with Crippen molar-refractivity contribution in [3.05, 3.63) is 53.3 Å². The van der Waals surface area contributed by atoms with Gasteiger partial charge in [-0.1, -0.05) is 30.3 Å². The van der Waals surface area contributed by atoms with Crippen molar-refractivity contribution in [1.82, 2.24) is 20.2 Å². The van der Waals surface area contributed by atoms with Crippen LogP contribution in [0.15, 0.2) is 36.4 Å². The van der Waals surface area contributed by atoms with Crippen LogP contribution in [0, 0.1) is 6.92 Å². The summed E-state index contributed by atoms with van der Waals surface area (Å²) in [6.07, 6.45) is 0.874. The minimum atomic E-state index is -0.167. The monoisotopic (exact) mass is 369 g/mol. The molecule has 3 rings (SSSR count). The zero-order chi connectivity index (χ0) is 18.9. The number of carbonyl (C=O) groups is 1. The normalized spacial score (nSPS) is 14.7. The second kappa shape index (κ2) is 9.99. The van der Waals surface area contributed by atoms with Crippen LogP contribution in [0.25, 0.3) is 0 Å². The van der Waals surface area contributed by atoms with Gasteiger partial charge >= 0.3 is 0 Å². The summed E-state index contributed by atoms with van der Waals surface area (Å²) in [4.78, 5) is 23.4. The molecule has 2 heterocycles. The van der Waals surface area contributed by atoms with Gasteiger partial charge in [0.05, 0.1) is 13.2 Å². The second-order valence-electron chi connectivity index (χ2n) is 6.59. The lowest BCUT2D eigenvalue weighted by atomic mass is 10.1. The van der Waals surface area contributed by atoms with Crippen LogP contribution in [0.5, 0.6) is 0 Å². The Hall–Kier alpha value is -2.51. The van der Waals surface area contributed by atoms with Crippen molar-refractivity contribution in [3.63, 3.8) is 0 Å². The van der Waals surface area contributed by atoms with E-state index in [4.69, 9.17) is 4.74 Å². The summed E-state index contributed by atoms with van der Waals surface area (Å²) in [7, 11) is 0. The van der Waals surface area contributed by atoms with Crippen LogP contribution in [0.4, 0.5) is 5.95 Å². The highest BCUT2D eigenvalue weighted by Gasteiger charge is 2.13. The molecule has 1 fully saturated rings. The average Bonchev–Trinajstić information content (AvgIpc) is 2.69. The number of nitrogens with zero attached hydrogens (tertiary/aromatic N) is 3. The molecule has 27 heavy (non-hydrogen) atoms. The molecule has 0 bridgehead atoms. The van der Waals surface area contributed by atoms with Crippen LogP contribution in [0.2, 0.25) is 0 Å². The van der Waals surface area contributed by atoms with Crippen LogP contribution in [0.3, 0.4) is 0 Å². The summed E-state index contributed by atoms with van der Waals surface area (Å²) in [5, 5.41) is 6.16. The quantitative estimate of drug-likeness (QED) is 0.734. The number of morpholine rings is 1. The van der Waals surface area contributed by atoms with E-state index in [-0.39, 0.29) is 5.91 Å². The molecule has 144 valence electrons. The molecule has 0 atom stereocenters. The predicted octanol–water partition coefficient (Wildman–Crippen LogP) is 1.50. The van der Waals surface area contributed by atoms with Gasteiger partial charge in [-0.2, -0.15) is 0 Å². The number of amides is 1. The van der Waals surface area contributed by atoms with Gasteiger partial charge in [-0.25, -0.2) is 9.97 Å². The number of anilines is 1. The summed E-state index contributed by atoms with van der Waals surface area (Å²) in [6.45, 7) is 7.35. The van der Waals surface area contributed by atoms with Gasteiger partial charge in [-0.3, -0.25) is 9.69 Å². The minimum absolute atomic E-state index is 0.167. The number of aryl methyl sites for hydroxylation is 1. The van der Waals surface area contributed by atoms with Gasteiger partial charge in [0.15, 0.2) is 0 Å². The molecule has 1 aromatic heterocycles. The molecule has 1 saturated heterocycles. The van der Waals surface area contributed by atoms with Crippen molar-refractivity contribution in [2.24, 2.45) is 0 Å². The van der Waals surface area contributed by atoms with Gasteiger partial charge in [0.1, 0.15) is 5.69 Å². The smallest absolute Gasteiger partial charge is 0.270 e. The maximum absolute atomic E-state index is 12.4. The Morgan fingerprint density at radius 1 is 1.15 bits per heavy atom. The highest BCUT2D eigenvalue weighted by atomic mass is 16.5. The Bertz CT molecular complexity index is 732. The summed E-state index contributed by atoms with van der Waals surface area (Å²) in [5.74, 6) is 0.323.